The molecule has 0 unspecified atom stereocenters. The zero-order valence-corrected chi connectivity index (χ0v) is 19.1. The lowest BCUT2D eigenvalue weighted by atomic mass is 10.1. The van der Waals surface area contributed by atoms with Crippen molar-refractivity contribution in [3.63, 3.8) is 0 Å². The number of nitrogens with one attached hydrogen (secondary N) is 1. The van der Waals surface area contributed by atoms with Gasteiger partial charge in [-0.25, -0.2) is 5.43 Å². The van der Waals surface area contributed by atoms with E-state index < -0.39 is 0 Å². The van der Waals surface area contributed by atoms with Gasteiger partial charge in [0, 0.05) is 4.47 Å². The molecule has 0 radical (unpaired) electrons. The summed E-state index contributed by atoms with van der Waals surface area (Å²) in [5.41, 5.74) is 5.68. The van der Waals surface area contributed by atoms with Crippen LogP contribution in [0.1, 0.15) is 29.2 Å². The lowest BCUT2D eigenvalue weighted by Gasteiger charge is -2.12. The maximum atomic E-state index is 12.1. The third-order valence-electron chi connectivity index (χ3n) is 4.40. The van der Waals surface area contributed by atoms with Crippen LogP contribution >= 0.6 is 15.9 Å². The van der Waals surface area contributed by atoms with Crippen LogP contribution in [0.5, 0.6) is 11.5 Å². The SMILES string of the molecule is CCOc1cc(/C=N/NC(=O)Cc2ccc(Br)cc2)ccc1OCc1cccc(C#N)c1. The molecule has 3 aromatic carbocycles. The summed E-state index contributed by atoms with van der Waals surface area (Å²) in [5.74, 6) is 0.966. The monoisotopic (exact) mass is 491 g/mol. The Bertz CT molecular complexity index is 1140. The van der Waals surface area contributed by atoms with Crippen LogP contribution < -0.4 is 14.9 Å². The summed E-state index contributed by atoms with van der Waals surface area (Å²) < 4.78 is 12.6. The number of halogens is 1. The fraction of sp³-hybridized carbons (Fsp3) is 0.160. The van der Waals surface area contributed by atoms with Crippen LogP contribution in [0.4, 0.5) is 0 Å². The van der Waals surface area contributed by atoms with E-state index in [0.29, 0.717) is 30.3 Å². The molecular formula is C25H22BrN3O3. The van der Waals surface area contributed by atoms with Gasteiger partial charge in [-0.2, -0.15) is 10.4 Å². The lowest BCUT2D eigenvalue weighted by molar-refractivity contribution is -0.120. The minimum atomic E-state index is -0.201. The van der Waals surface area contributed by atoms with Crippen LogP contribution in [0, 0.1) is 11.3 Å². The normalized spacial score (nSPS) is 10.5. The molecule has 0 aromatic heterocycles. The minimum absolute atomic E-state index is 0.201. The molecule has 0 saturated heterocycles. The molecule has 32 heavy (non-hydrogen) atoms. The minimum Gasteiger partial charge on any atom is -0.490 e. The summed E-state index contributed by atoms with van der Waals surface area (Å²) >= 11 is 3.37. The quantitative estimate of drug-likeness (QED) is 0.337. The van der Waals surface area contributed by atoms with Gasteiger partial charge in [-0.15, -0.1) is 0 Å². The van der Waals surface area contributed by atoms with E-state index in [4.69, 9.17) is 14.7 Å². The van der Waals surface area contributed by atoms with Gasteiger partial charge < -0.3 is 9.47 Å². The van der Waals surface area contributed by atoms with E-state index in [1.807, 2.05) is 49.4 Å². The number of hydrogen-bond acceptors (Lipinski definition) is 5. The van der Waals surface area contributed by atoms with Crippen LogP contribution in [0.15, 0.2) is 76.3 Å². The second-order valence-electron chi connectivity index (χ2n) is 6.84. The molecule has 0 aliphatic heterocycles. The van der Waals surface area contributed by atoms with Gasteiger partial charge in [0.05, 0.1) is 30.9 Å². The highest BCUT2D eigenvalue weighted by atomic mass is 79.9. The number of nitriles is 1. The van der Waals surface area contributed by atoms with Crippen LogP contribution in [0.25, 0.3) is 0 Å². The van der Waals surface area contributed by atoms with E-state index in [-0.39, 0.29) is 12.3 Å². The molecule has 0 aliphatic rings. The highest BCUT2D eigenvalue weighted by Gasteiger charge is 2.07. The summed E-state index contributed by atoms with van der Waals surface area (Å²) in [5, 5.41) is 13.1. The van der Waals surface area contributed by atoms with Crippen LogP contribution in [0.3, 0.4) is 0 Å². The van der Waals surface area contributed by atoms with E-state index in [1.54, 1.807) is 30.5 Å². The number of carbonyl (C=O) groups excluding carboxylic acids is 1. The fourth-order valence-corrected chi connectivity index (χ4v) is 3.15. The van der Waals surface area contributed by atoms with E-state index in [1.165, 1.54) is 0 Å². The van der Waals surface area contributed by atoms with Crippen molar-refractivity contribution in [3.05, 3.63) is 93.5 Å². The number of amides is 1. The third-order valence-corrected chi connectivity index (χ3v) is 4.93. The molecule has 0 saturated carbocycles. The molecule has 6 nitrogen and oxygen atoms in total. The number of ether oxygens (including phenoxy) is 2. The molecule has 162 valence electrons. The molecule has 1 N–H and O–H groups in total. The molecule has 7 heteroatoms. The van der Waals surface area contributed by atoms with Crippen LogP contribution in [-0.4, -0.2) is 18.7 Å². The molecule has 0 atom stereocenters. The van der Waals surface area contributed by atoms with Gasteiger partial charge >= 0.3 is 0 Å². The van der Waals surface area contributed by atoms with Gasteiger partial charge in [0.25, 0.3) is 0 Å². The Morgan fingerprint density at radius 3 is 2.62 bits per heavy atom. The van der Waals surface area contributed by atoms with E-state index in [9.17, 15) is 4.79 Å². The molecule has 3 aromatic rings. The number of rotatable bonds is 9. The predicted molar refractivity (Wildman–Crippen MR) is 127 cm³/mol. The Morgan fingerprint density at radius 2 is 1.88 bits per heavy atom. The fourth-order valence-electron chi connectivity index (χ4n) is 2.89. The first kappa shape index (κ1) is 23.0. The molecule has 3 rings (SSSR count). The largest absolute Gasteiger partial charge is 0.490 e. The van der Waals surface area contributed by atoms with E-state index >= 15 is 0 Å². The van der Waals surface area contributed by atoms with Gasteiger partial charge in [0.1, 0.15) is 6.61 Å². The van der Waals surface area contributed by atoms with Crippen molar-refractivity contribution in [3.8, 4) is 17.6 Å². The Balaban J connectivity index is 1.60. The molecular weight excluding hydrogens is 470 g/mol. The summed E-state index contributed by atoms with van der Waals surface area (Å²) in [6.07, 6.45) is 1.80. The average Bonchev–Trinajstić information content (AvgIpc) is 2.80. The number of carbonyl (C=O) groups is 1. The van der Waals surface area contributed by atoms with Crippen molar-refractivity contribution in [2.75, 3.05) is 6.61 Å². The number of hydrazone groups is 1. The van der Waals surface area contributed by atoms with E-state index in [0.717, 1.165) is 21.2 Å². The summed E-state index contributed by atoms with van der Waals surface area (Å²) in [7, 11) is 0. The first-order valence-corrected chi connectivity index (χ1v) is 10.8. The standard InChI is InChI=1S/C25H22BrN3O3/c1-2-31-24-13-20(16-28-29-25(30)14-18-6-9-22(26)10-7-18)8-11-23(24)32-17-21-5-3-4-19(12-21)15-27/h3-13,16H,2,14,17H2,1H3,(H,29,30)/b28-16+. The van der Waals surface area contributed by atoms with Crippen molar-refractivity contribution < 1.29 is 14.3 Å². The van der Waals surface area contributed by atoms with Crippen molar-refractivity contribution in [1.82, 2.24) is 5.43 Å². The predicted octanol–water partition coefficient (Wildman–Crippen LogP) is 4.99. The first-order chi connectivity index (χ1) is 15.6. The molecule has 0 spiro atoms. The first-order valence-electron chi connectivity index (χ1n) is 10.0. The van der Waals surface area contributed by atoms with E-state index in [2.05, 4.69) is 32.5 Å². The van der Waals surface area contributed by atoms with Gasteiger partial charge in [0.15, 0.2) is 11.5 Å². The maximum Gasteiger partial charge on any atom is 0.244 e. The average molecular weight is 492 g/mol. The summed E-state index contributed by atoms with van der Waals surface area (Å²) in [6, 6.07) is 22.4. The summed E-state index contributed by atoms with van der Waals surface area (Å²) in [6.45, 7) is 2.68. The Morgan fingerprint density at radius 1 is 1.06 bits per heavy atom. The number of benzene rings is 3. The Kier molecular flexibility index (Phi) is 8.41. The summed E-state index contributed by atoms with van der Waals surface area (Å²) in [4.78, 5) is 12.1. The van der Waals surface area contributed by atoms with Gasteiger partial charge in [0.2, 0.25) is 5.91 Å². The molecule has 0 aliphatic carbocycles. The van der Waals surface area contributed by atoms with Crippen molar-refractivity contribution >= 4 is 28.1 Å². The molecule has 0 heterocycles. The Labute approximate surface area is 195 Å². The topological polar surface area (TPSA) is 83.7 Å². The van der Waals surface area contributed by atoms with Gasteiger partial charge in [-0.05, 0) is 66.1 Å². The van der Waals surface area contributed by atoms with Crippen molar-refractivity contribution in [2.45, 2.75) is 20.0 Å². The maximum absolute atomic E-state index is 12.1. The number of hydrogen-bond donors (Lipinski definition) is 1. The lowest BCUT2D eigenvalue weighted by Crippen LogP contribution is -2.19. The third kappa shape index (κ3) is 6.96. The number of nitrogens with zero attached hydrogens (tertiary/aromatic N) is 2. The van der Waals surface area contributed by atoms with Gasteiger partial charge in [-0.1, -0.05) is 40.2 Å². The molecule has 1 amide bonds. The van der Waals surface area contributed by atoms with Crippen LogP contribution in [0.2, 0.25) is 0 Å². The van der Waals surface area contributed by atoms with Crippen LogP contribution in [-0.2, 0) is 17.8 Å². The zero-order chi connectivity index (χ0) is 22.8. The van der Waals surface area contributed by atoms with Crippen molar-refractivity contribution in [2.24, 2.45) is 5.10 Å². The highest BCUT2D eigenvalue weighted by Crippen LogP contribution is 2.29. The van der Waals surface area contributed by atoms with Crippen molar-refractivity contribution in [1.29, 1.82) is 5.26 Å². The zero-order valence-electron chi connectivity index (χ0n) is 17.5. The van der Waals surface area contributed by atoms with Gasteiger partial charge in [-0.3, -0.25) is 4.79 Å². The second kappa shape index (κ2) is 11.7. The molecule has 0 bridgehead atoms. The smallest absolute Gasteiger partial charge is 0.244 e. The second-order valence-corrected chi connectivity index (χ2v) is 7.75. The Hall–Kier alpha value is -3.63. The molecule has 0 fully saturated rings. The highest BCUT2D eigenvalue weighted by molar-refractivity contribution is 9.10.